The lowest BCUT2D eigenvalue weighted by atomic mass is 9.96. The summed E-state index contributed by atoms with van der Waals surface area (Å²) in [6.45, 7) is 2.06. The first kappa shape index (κ1) is 24.0. The number of H-pyrrole nitrogens is 1. The van der Waals surface area contributed by atoms with Crippen LogP contribution in [0.1, 0.15) is 37.0 Å². The Kier molecular flexibility index (Phi) is 7.45. The number of nitrogens with zero attached hydrogens (tertiary/aromatic N) is 3. The van der Waals surface area contributed by atoms with Gasteiger partial charge in [-0.3, -0.25) is 9.78 Å². The Hall–Kier alpha value is -4.14. The van der Waals surface area contributed by atoms with Crippen LogP contribution in [0.2, 0.25) is 0 Å². The van der Waals surface area contributed by atoms with Crippen molar-refractivity contribution in [2.75, 3.05) is 14.2 Å². The zero-order valence-electron chi connectivity index (χ0n) is 20.0. The molecule has 0 spiro atoms. The number of hydrogen-bond donors (Lipinski definition) is 2. The number of hydrogen-bond acceptors (Lipinski definition) is 8. The molecule has 0 saturated carbocycles. The van der Waals surface area contributed by atoms with E-state index >= 15 is 0 Å². The summed E-state index contributed by atoms with van der Waals surface area (Å²) < 4.78 is 16.9. The zero-order chi connectivity index (χ0) is 24.8. The Bertz CT molecular complexity index is 1330. The van der Waals surface area contributed by atoms with Crippen LogP contribution in [0, 0.1) is 0 Å². The van der Waals surface area contributed by atoms with E-state index in [0.29, 0.717) is 53.5 Å². The molecule has 0 fully saturated rings. The standard InChI is InChI=1S/C26H28N4O5/c1-4-5-10-17-21(22-18(33-2)11-8-12-19(22)34-3)24(31)23(25(32)28-17)26-30-29-20(35-26)14-13-16-9-6-7-15-27-16/h6-9,11-12,15H,4-5,10,13-14H2,1-3H3,(H2,28,31,32). The van der Waals surface area contributed by atoms with Gasteiger partial charge in [0.25, 0.3) is 11.4 Å². The molecule has 0 atom stereocenters. The number of ether oxygens (including phenoxy) is 2. The molecule has 182 valence electrons. The highest BCUT2D eigenvalue weighted by molar-refractivity contribution is 5.86. The third-order valence-corrected chi connectivity index (χ3v) is 5.73. The summed E-state index contributed by atoms with van der Waals surface area (Å²) in [6.07, 6.45) is 5.05. The molecule has 0 radical (unpaired) electrons. The SMILES string of the molecule is CCCCc1[nH]c(=O)c(-c2nnc(CCc3ccccn3)o2)c(O)c1-c1c(OC)cccc1OC. The monoisotopic (exact) mass is 476 g/mol. The maximum Gasteiger partial charge on any atom is 0.264 e. The third kappa shape index (κ3) is 5.03. The first-order chi connectivity index (χ1) is 17.1. The minimum absolute atomic E-state index is 0.0584. The van der Waals surface area contributed by atoms with Crippen LogP contribution in [0.3, 0.4) is 0 Å². The Morgan fingerprint density at radius 2 is 1.71 bits per heavy atom. The van der Waals surface area contributed by atoms with Gasteiger partial charge in [-0.25, -0.2) is 0 Å². The number of aromatic hydroxyl groups is 1. The predicted octanol–water partition coefficient (Wildman–Crippen LogP) is 4.34. The zero-order valence-corrected chi connectivity index (χ0v) is 20.0. The van der Waals surface area contributed by atoms with Crippen molar-refractivity contribution in [3.05, 3.63) is 70.2 Å². The highest BCUT2D eigenvalue weighted by atomic mass is 16.5. The lowest BCUT2D eigenvalue weighted by molar-refractivity contribution is 0.396. The van der Waals surface area contributed by atoms with Gasteiger partial charge in [0.2, 0.25) is 5.89 Å². The molecule has 0 unspecified atom stereocenters. The van der Waals surface area contributed by atoms with Crippen molar-refractivity contribution in [3.63, 3.8) is 0 Å². The second kappa shape index (κ2) is 10.9. The maximum atomic E-state index is 13.1. The van der Waals surface area contributed by atoms with Crippen LogP contribution in [-0.4, -0.2) is 39.5 Å². The van der Waals surface area contributed by atoms with Crippen molar-refractivity contribution in [1.29, 1.82) is 0 Å². The quantitative estimate of drug-likeness (QED) is 0.347. The number of nitrogens with one attached hydrogen (secondary N) is 1. The molecule has 9 heteroatoms. The Morgan fingerprint density at radius 3 is 2.37 bits per heavy atom. The van der Waals surface area contributed by atoms with Crippen molar-refractivity contribution in [2.45, 2.75) is 39.0 Å². The summed E-state index contributed by atoms with van der Waals surface area (Å²) in [7, 11) is 3.08. The Balaban J connectivity index is 1.81. The molecule has 1 aromatic carbocycles. The molecular weight excluding hydrogens is 448 g/mol. The highest BCUT2D eigenvalue weighted by Crippen LogP contribution is 2.46. The second-order valence-corrected chi connectivity index (χ2v) is 7.99. The minimum atomic E-state index is -0.508. The van der Waals surface area contributed by atoms with Crippen molar-refractivity contribution in [1.82, 2.24) is 20.2 Å². The summed E-state index contributed by atoms with van der Waals surface area (Å²) in [4.78, 5) is 20.3. The van der Waals surface area contributed by atoms with Crippen LogP contribution in [0.25, 0.3) is 22.6 Å². The highest BCUT2D eigenvalue weighted by Gasteiger charge is 2.27. The third-order valence-electron chi connectivity index (χ3n) is 5.73. The van der Waals surface area contributed by atoms with Crippen LogP contribution < -0.4 is 15.0 Å². The van der Waals surface area contributed by atoms with Crippen LogP contribution in [0.15, 0.2) is 51.8 Å². The Labute approximate surface area is 202 Å². The van der Waals surface area contributed by atoms with E-state index in [4.69, 9.17) is 13.9 Å². The van der Waals surface area contributed by atoms with E-state index in [-0.39, 0.29) is 17.2 Å². The van der Waals surface area contributed by atoms with E-state index in [1.54, 1.807) is 38.6 Å². The molecule has 4 rings (SSSR count). The molecule has 4 aromatic rings. The van der Waals surface area contributed by atoms with Gasteiger partial charge in [-0.05, 0) is 43.5 Å². The van der Waals surface area contributed by atoms with Crippen LogP contribution in [0.5, 0.6) is 17.2 Å². The number of rotatable bonds is 10. The number of aromatic amines is 1. The number of methoxy groups -OCH3 is 2. The smallest absolute Gasteiger partial charge is 0.264 e. The van der Waals surface area contributed by atoms with E-state index in [0.717, 1.165) is 18.5 Å². The normalized spacial score (nSPS) is 10.9. The van der Waals surface area contributed by atoms with Gasteiger partial charge < -0.3 is 24.0 Å². The van der Waals surface area contributed by atoms with Gasteiger partial charge in [0.1, 0.15) is 22.8 Å². The molecule has 0 aliphatic carbocycles. The van der Waals surface area contributed by atoms with Crippen LogP contribution in [0.4, 0.5) is 0 Å². The topological polar surface area (TPSA) is 123 Å². The van der Waals surface area contributed by atoms with E-state index in [2.05, 4.69) is 27.1 Å². The molecule has 0 aliphatic rings. The molecule has 3 heterocycles. The van der Waals surface area contributed by atoms with Gasteiger partial charge >= 0.3 is 0 Å². The number of pyridine rings is 2. The fourth-order valence-corrected chi connectivity index (χ4v) is 3.98. The number of aryl methyl sites for hydroxylation is 3. The predicted molar refractivity (Wildman–Crippen MR) is 131 cm³/mol. The first-order valence-corrected chi connectivity index (χ1v) is 11.5. The maximum absolute atomic E-state index is 13.1. The van der Waals surface area contributed by atoms with Crippen molar-refractivity contribution in [3.8, 4) is 39.8 Å². The fourth-order valence-electron chi connectivity index (χ4n) is 3.98. The molecule has 0 aliphatic heterocycles. The van der Waals surface area contributed by atoms with E-state index in [1.807, 2.05) is 18.2 Å². The van der Waals surface area contributed by atoms with Crippen molar-refractivity contribution < 1.29 is 19.0 Å². The number of unbranched alkanes of at least 4 members (excludes halogenated alkanes) is 1. The lowest BCUT2D eigenvalue weighted by Crippen LogP contribution is -2.14. The average molecular weight is 477 g/mol. The van der Waals surface area contributed by atoms with Crippen molar-refractivity contribution in [2.24, 2.45) is 0 Å². The summed E-state index contributed by atoms with van der Waals surface area (Å²) in [5.41, 5.74) is 1.81. The molecule has 3 aromatic heterocycles. The van der Waals surface area contributed by atoms with Gasteiger partial charge in [0.15, 0.2) is 0 Å². The number of benzene rings is 1. The van der Waals surface area contributed by atoms with Gasteiger partial charge in [-0.15, -0.1) is 10.2 Å². The van der Waals surface area contributed by atoms with Crippen molar-refractivity contribution >= 4 is 0 Å². The molecule has 0 saturated heterocycles. The van der Waals surface area contributed by atoms with Gasteiger partial charge in [-0.1, -0.05) is 25.5 Å². The summed E-state index contributed by atoms with van der Waals surface area (Å²) in [6, 6.07) is 11.0. The van der Waals surface area contributed by atoms with E-state index in [9.17, 15) is 9.90 Å². The summed E-state index contributed by atoms with van der Waals surface area (Å²) in [5.74, 6) is 1.02. The Morgan fingerprint density at radius 1 is 0.943 bits per heavy atom. The largest absolute Gasteiger partial charge is 0.506 e. The van der Waals surface area contributed by atoms with Gasteiger partial charge in [0.05, 0.1) is 25.3 Å². The molecule has 35 heavy (non-hydrogen) atoms. The lowest BCUT2D eigenvalue weighted by Gasteiger charge is -2.18. The molecular formula is C26H28N4O5. The van der Waals surface area contributed by atoms with E-state index in [1.165, 1.54) is 0 Å². The number of aromatic nitrogens is 4. The minimum Gasteiger partial charge on any atom is -0.506 e. The molecule has 9 nitrogen and oxygen atoms in total. The molecule has 2 N–H and O–H groups in total. The molecule has 0 amide bonds. The first-order valence-electron chi connectivity index (χ1n) is 11.5. The average Bonchev–Trinajstić information content (AvgIpc) is 3.34. The van der Waals surface area contributed by atoms with Gasteiger partial charge in [-0.2, -0.15) is 0 Å². The van der Waals surface area contributed by atoms with Gasteiger partial charge in [0, 0.05) is 24.0 Å². The van der Waals surface area contributed by atoms with E-state index < -0.39 is 5.56 Å². The summed E-state index contributed by atoms with van der Waals surface area (Å²) >= 11 is 0. The summed E-state index contributed by atoms with van der Waals surface area (Å²) in [5, 5.41) is 19.6. The van der Waals surface area contributed by atoms with Crippen LogP contribution >= 0.6 is 0 Å². The molecule has 0 bridgehead atoms. The fraction of sp³-hybridized carbons (Fsp3) is 0.308. The van der Waals surface area contributed by atoms with Crippen LogP contribution in [-0.2, 0) is 19.3 Å². The second-order valence-electron chi connectivity index (χ2n) is 7.99.